The molecule has 1 aliphatic carbocycles. The van der Waals surface area contributed by atoms with E-state index in [2.05, 4.69) is 15.3 Å². The molecule has 1 aromatic rings. The lowest BCUT2D eigenvalue weighted by molar-refractivity contribution is -0.141. The van der Waals surface area contributed by atoms with Crippen LogP contribution in [-0.2, 0) is 4.79 Å². The molecule has 2 rings (SSSR count). The van der Waals surface area contributed by atoms with Crippen LogP contribution >= 0.6 is 0 Å². The second kappa shape index (κ2) is 4.47. The number of carboxylic acids is 1. The second-order valence-electron chi connectivity index (χ2n) is 4.12. The van der Waals surface area contributed by atoms with E-state index in [0.29, 0.717) is 5.82 Å². The Morgan fingerprint density at radius 1 is 1.44 bits per heavy atom. The number of carbonyl (C=O) groups is 1. The fourth-order valence-corrected chi connectivity index (χ4v) is 2.15. The number of nitrogens with one attached hydrogen (secondary N) is 1. The first kappa shape index (κ1) is 10.9. The number of aliphatic carboxylic acids is 1. The fourth-order valence-electron chi connectivity index (χ4n) is 2.15. The van der Waals surface area contributed by atoms with Crippen molar-refractivity contribution in [1.82, 2.24) is 9.97 Å². The van der Waals surface area contributed by atoms with Crippen LogP contribution in [0.4, 0.5) is 5.82 Å². The molecule has 0 amide bonds. The van der Waals surface area contributed by atoms with Crippen LogP contribution in [0.2, 0.25) is 0 Å². The van der Waals surface area contributed by atoms with Gasteiger partial charge in [0.2, 0.25) is 0 Å². The van der Waals surface area contributed by atoms with Gasteiger partial charge in [0.1, 0.15) is 5.82 Å². The van der Waals surface area contributed by atoms with E-state index in [4.69, 9.17) is 5.11 Å². The van der Waals surface area contributed by atoms with Gasteiger partial charge in [0.05, 0.1) is 11.6 Å². The zero-order chi connectivity index (χ0) is 11.5. The zero-order valence-corrected chi connectivity index (χ0v) is 9.18. The number of carboxylic acid groups (broad SMARTS) is 1. The normalized spacial score (nSPS) is 24.3. The van der Waals surface area contributed by atoms with Crippen molar-refractivity contribution in [1.29, 1.82) is 0 Å². The van der Waals surface area contributed by atoms with Gasteiger partial charge in [0.15, 0.2) is 0 Å². The average molecular weight is 221 g/mol. The number of aromatic nitrogens is 2. The predicted octanol–water partition coefficient (Wildman–Crippen LogP) is 1.45. The minimum Gasteiger partial charge on any atom is -0.481 e. The van der Waals surface area contributed by atoms with E-state index in [-0.39, 0.29) is 12.0 Å². The number of hydrogen-bond donors (Lipinski definition) is 2. The summed E-state index contributed by atoms with van der Waals surface area (Å²) in [6.07, 6.45) is 5.82. The SMILES string of the molecule is Cc1nccnc1NC1CCCC1C(=O)O. The second-order valence-corrected chi connectivity index (χ2v) is 4.12. The maximum atomic E-state index is 11.0. The standard InChI is InChI=1S/C11H15N3O2/c1-7-10(13-6-5-12-7)14-9-4-2-3-8(9)11(15)16/h5-6,8-9H,2-4H2,1H3,(H,13,14)(H,15,16). The molecule has 1 fully saturated rings. The Morgan fingerprint density at radius 2 is 2.19 bits per heavy atom. The molecule has 0 bridgehead atoms. The quantitative estimate of drug-likeness (QED) is 0.808. The van der Waals surface area contributed by atoms with Gasteiger partial charge in [0, 0.05) is 18.4 Å². The summed E-state index contributed by atoms with van der Waals surface area (Å²) in [5.74, 6) is -0.335. The summed E-state index contributed by atoms with van der Waals surface area (Å²) in [4.78, 5) is 19.3. The Hall–Kier alpha value is -1.65. The van der Waals surface area contributed by atoms with Gasteiger partial charge >= 0.3 is 5.97 Å². The lowest BCUT2D eigenvalue weighted by atomic mass is 10.0. The first-order valence-corrected chi connectivity index (χ1v) is 5.45. The topological polar surface area (TPSA) is 75.1 Å². The third kappa shape index (κ3) is 2.13. The summed E-state index contributed by atoms with van der Waals surface area (Å²) in [5.41, 5.74) is 0.804. The van der Waals surface area contributed by atoms with Crippen LogP contribution in [0.25, 0.3) is 0 Å². The van der Waals surface area contributed by atoms with E-state index in [1.165, 1.54) is 0 Å². The van der Waals surface area contributed by atoms with Gasteiger partial charge in [-0.3, -0.25) is 9.78 Å². The molecule has 0 radical (unpaired) electrons. The van der Waals surface area contributed by atoms with E-state index in [1.807, 2.05) is 6.92 Å². The average Bonchev–Trinajstić information content (AvgIpc) is 2.69. The number of hydrogen-bond acceptors (Lipinski definition) is 4. The predicted molar refractivity (Wildman–Crippen MR) is 59.2 cm³/mol. The van der Waals surface area contributed by atoms with Gasteiger partial charge in [-0.2, -0.15) is 0 Å². The van der Waals surface area contributed by atoms with Gasteiger partial charge in [-0.15, -0.1) is 0 Å². The van der Waals surface area contributed by atoms with E-state index >= 15 is 0 Å². The van der Waals surface area contributed by atoms with Crippen molar-refractivity contribution in [3.05, 3.63) is 18.1 Å². The summed E-state index contributed by atoms with van der Waals surface area (Å²) in [5, 5.41) is 12.2. The number of anilines is 1. The minimum atomic E-state index is -0.725. The van der Waals surface area contributed by atoms with Crippen LogP contribution in [-0.4, -0.2) is 27.1 Å². The molecular weight excluding hydrogens is 206 g/mol. The molecule has 1 aliphatic rings. The number of aryl methyl sites for hydroxylation is 1. The van der Waals surface area contributed by atoms with E-state index in [1.54, 1.807) is 12.4 Å². The molecule has 5 nitrogen and oxygen atoms in total. The van der Waals surface area contributed by atoms with Gasteiger partial charge in [0.25, 0.3) is 0 Å². The Labute approximate surface area is 93.9 Å². The van der Waals surface area contributed by atoms with Crippen LogP contribution in [0.15, 0.2) is 12.4 Å². The van der Waals surface area contributed by atoms with Crippen molar-refractivity contribution >= 4 is 11.8 Å². The molecule has 0 saturated heterocycles. The van der Waals surface area contributed by atoms with Crippen LogP contribution in [0.3, 0.4) is 0 Å². The Morgan fingerprint density at radius 3 is 2.88 bits per heavy atom. The summed E-state index contributed by atoms with van der Waals surface area (Å²) < 4.78 is 0. The fraction of sp³-hybridized carbons (Fsp3) is 0.545. The molecule has 0 aliphatic heterocycles. The summed E-state index contributed by atoms with van der Waals surface area (Å²) >= 11 is 0. The van der Waals surface area contributed by atoms with E-state index in [9.17, 15) is 4.79 Å². The maximum Gasteiger partial charge on any atom is 0.308 e. The summed E-state index contributed by atoms with van der Waals surface area (Å²) in [6.45, 7) is 1.86. The monoisotopic (exact) mass is 221 g/mol. The highest BCUT2D eigenvalue weighted by molar-refractivity contribution is 5.72. The van der Waals surface area contributed by atoms with Crippen molar-refractivity contribution in [3.63, 3.8) is 0 Å². The summed E-state index contributed by atoms with van der Waals surface area (Å²) in [7, 11) is 0. The van der Waals surface area contributed by atoms with Crippen molar-refractivity contribution < 1.29 is 9.90 Å². The first-order valence-electron chi connectivity index (χ1n) is 5.45. The highest BCUT2D eigenvalue weighted by Crippen LogP contribution is 2.28. The Bertz CT molecular complexity index is 395. The van der Waals surface area contributed by atoms with Gasteiger partial charge < -0.3 is 10.4 Å². The van der Waals surface area contributed by atoms with E-state index in [0.717, 1.165) is 25.0 Å². The van der Waals surface area contributed by atoms with Gasteiger partial charge in [-0.25, -0.2) is 4.98 Å². The van der Waals surface area contributed by atoms with Crippen molar-refractivity contribution in [2.75, 3.05) is 5.32 Å². The van der Waals surface area contributed by atoms with Crippen molar-refractivity contribution in [3.8, 4) is 0 Å². The molecule has 0 spiro atoms. The van der Waals surface area contributed by atoms with Gasteiger partial charge in [-0.05, 0) is 19.8 Å². The van der Waals surface area contributed by atoms with Crippen LogP contribution in [0, 0.1) is 12.8 Å². The highest BCUT2D eigenvalue weighted by atomic mass is 16.4. The molecule has 2 atom stereocenters. The minimum absolute atomic E-state index is 0.0205. The molecule has 1 aromatic heterocycles. The van der Waals surface area contributed by atoms with Crippen LogP contribution in [0.5, 0.6) is 0 Å². The molecule has 5 heteroatoms. The molecule has 16 heavy (non-hydrogen) atoms. The lowest BCUT2D eigenvalue weighted by Gasteiger charge is -2.18. The highest BCUT2D eigenvalue weighted by Gasteiger charge is 2.33. The molecular formula is C11H15N3O2. The lowest BCUT2D eigenvalue weighted by Crippen LogP contribution is -2.30. The third-order valence-electron chi connectivity index (χ3n) is 3.04. The molecule has 2 N–H and O–H groups in total. The molecule has 0 aromatic carbocycles. The van der Waals surface area contributed by atoms with Crippen LogP contribution in [0.1, 0.15) is 25.0 Å². The smallest absolute Gasteiger partial charge is 0.308 e. The number of nitrogens with zero attached hydrogens (tertiary/aromatic N) is 2. The molecule has 2 unspecified atom stereocenters. The summed E-state index contributed by atoms with van der Waals surface area (Å²) in [6, 6.07) is -0.0205. The van der Waals surface area contributed by atoms with Crippen molar-refractivity contribution in [2.24, 2.45) is 5.92 Å². The zero-order valence-electron chi connectivity index (χ0n) is 9.18. The van der Waals surface area contributed by atoms with Crippen LogP contribution < -0.4 is 5.32 Å². The first-order chi connectivity index (χ1) is 7.68. The van der Waals surface area contributed by atoms with Crippen molar-refractivity contribution in [2.45, 2.75) is 32.2 Å². The van der Waals surface area contributed by atoms with Gasteiger partial charge in [-0.1, -0.05) is 6.42 Å². The number of rotatable bonds is 3. The Balaban J connectivity index is 2.10. The molecule has 1 heterocycles. The largest absolute Gasteiger partial charge is 0.481 e. The maximum absolute atomic E-state index is 11.0. The Kier molecular flexibility index (Phi) is 3.03. The molecule has 1 saturated carbocycles. The van der Waals surface area contributed by atoms with E-state index < -0.39 is 5.97 Å². The molecule has 86 valence electrons. The third-order valence-corrected chi connectivity index (χ3v) is 3.04.